The van der Waals surface area contributed by atoms with Crippen molar-refractivity contribution in [1.82, 2.24) is 19.9 Å². The topological polar surface area (TPSA) is 89.6 Å². The first-order chi connectivity index (χ1) is 20.3. The normalized spacial score (nSPS) is 24.7. The van der Waals surface area contributed by atoms with Crippen LogP contribution in [0.2, 0.25) is 5.02 Å². The first-order valence-corrected chi connectivity index (χ1v) is 14.7. The van der Waals surface area contributed by atoms with Crippen molar-refractivity contribution in [3.8, 4) is 23.0 Å². The quantitative estimate of drug-likeness (QED) is 0.349. The Bertz CT molecular complexity index is 1650. The number of nitrogens with two attached hydrogens (primary N) is 1. The van der Waals surface area contributed by atoms with E-state index in [1.807, 2.05) is 11.9 Å². The lowest BCUT2D eigenvalue weighted by atomic mass is 9.76. The third-order valence-electron chi connectivity index (χ3n) is 9.73. The molecule has 7 rings (SSSR count). The molecule has 2 saturated heterocycles. The van der Waals surface area contributed by atoms with E-state index in [9.17, 15) is 17.6 Å². The third-order valence-corrected chi connectivity index (χ3v) is 10.1. The van der Waals surface area contributed by atoms with Gasteiger partial charge in [0.2, 0.25) is 0 Å². The van der Waals surface area contributed by atoms with Gasteiger partial charge in [0.15, 0.2) is 11.6 Å². The summed E-state index contributed by atoms with van der Waals surface area (Å²) >= 11 is 6.74. The van der Waals surface area contributed by atoms with Gasteiger partial charge in [0.05, 0.1) is 38.3 Å². The number of hydrogen-bond acceptors (Lipinski definition) is 8. The number of hydrogen-bond donors (Lipinski definition) is 1. The van der Waals surface area contributed by atoms with Crippen molar-refractivity contribution in [2.24, 2.45) is 0 Å². The molecule has 0 unspecified atom stereocenters. The van der Waals surface area contributed by atoms with Gasteiger partial charge in [-0.05, 0) is 57.2 Å². The summed E-state index contributed by atoms with van der Waals surface area (Å²) in [5, 5.41) is -0.249. The van der Waals surface area contributed by atoms with Gasteiger partial charge in [-0.25, -0.2) is 13.8 Å². The highest BCUT2D eigenvalue weighted by atomic mass is 35.5. The van der Waals surface area contributed by atoms with E-state index in [0.29, 0.717) is 18.8 Å². The molecule has 2 N–H and O–H groups in total. The van der Waals surface area contributed by atoms with Crippen LogP contribution >= 0.6 is 11.6 Å². The summed E-state index contributed by atoms with van der Waals surface area (Å²) < 4.78 is 86.3. The molecule has 8 nitrogen and oxygen atoms in total. The maximum atomic E-state index is 16.7. The Labute approximate surface area is 249 Å². The molecule has 3 aliphatic heterocycles. The zero-order valence-corrected chi connectivity index (χ0v) is 24.4. The van der Waals surface area contributed by atoms with Gasteiger partial charge in [0, 0.05) is 20.0 Å². The molecule has 4 aliphatic rings. The second-order valence-corrected chi connectivity index (χ2v) is 12.6. The van der Waals surface area contributed by atoms with Crippen LogP contribution in [0.4, 0.5) is 33.6 Å². The van der Waals surface area contributed by atoms with Gasteiger partial charge in [0.1, 0.15) is 36.5 Å². The van der Waals surface area contributed by atoms with E-state index in [2.05, 4.69) is 19.9 Å². The Balaban J connectivity index is 1.44. The number of ether oxygens (including phenoxy) is 2. The third kappa shape index (κ3) is 4.28. The number of alkyl halides is 4. The number of rotatable bonds is 4. The number of nitrogens with zero attached hydrogens (tertiary/aromatic N) is 5. The molecule has 43 heavy (non-hydrogen) atoms. The first-order valence-electron chi connectivity index (χ1n) is 14.3. The summed E-state index contributed by atoms with van der Waals surface area (Å²) in [6.07, 6.45) is -1.47. The molecule has 3 aromatic rings. The van der Waals surface area contributed by atoms with Crippen LogP contribution in [0, 0.1) is 12.7 Å². The second kappa shape index (κ2) is 9.65. The van der Waals surface area contributed by atoms with Crippen molar-refractivity contribution >= 4 is 34.1 Å². The van der Waals surface area contributed by atoms with Gasteiger partial charge >= 0.3 is 12.2 Å². The molecule has 0 bridgehead atoms. The summed E-state index contributed by atoms with van der Waals surface area (Å²) in [4.78, 5) is 16.9. The molecule has 1 aliphatic carbocycles. The van der Waals surface area contributed by atoms with Gasteiger partial charge in [-0.1, -0.05) is 11.6 Å². The number of halogens is 6. The molecular formula is C29H30ClF5N6O2. The molecule has 3 fully saturated rings. The fraction of sp³-hybridized carbons (Fsp3) is 0.552. The number of aromatic nitrogens is 3. The van der Waals surface area contributed by atoms with E-state index in [0.717, 1.165) is 44.7 Å². The highest BCUT2D eigenvalue weighted by Crippen LogP contribution is 2.53. The lowest BCUT2D eigenvalue weighted by Gasteiger charge is -2.47. The predicted molar refractivity (Wildman–Crippen MR) is 151 cm³/mol. The number of aryl methyl sites for hydroxylation is 1. The van der Waals surface area contributed by atoms with Crippen LogP contribution in [-0.2, 0) is 6.18 Å². The van der Waals surface area contributed by atoms with Crippen molar-refractivity contribution in [3.05, 3.63) is 28.0 Å². The highest BCUT2D eigenvalue weighted by Gasteiger charge is 2.50. The van der Waals surface area contributed by atoms with Crippen LogP contribution in [0.15, 0.2) is 6.07 Å². The summed E-state index contributed by atoms with van der Waals surface area (Å²) in [5.74, 6) is -1.10. The van der Waals surface area contributed by atoms with Crippen molar-refractivity contribution in [1.29, 1.82) is 0 Å². The van der Waals surface area contributed by atoms with E-state index in [-0.39, 0.29) is 52.3 Å². The summed E-state index contributed by atoms with van der Waals surface area (Å²) in [6.45, 7) is 2.54. The van der Waals surface area contributed by atoms with E-state index >= 15 is 4.39 Å². The molecule has 14 heteroatoms. The van der Waals surface area contributed by atoms with Crippen LogP contribution in [0.1, 0.15) is 49.7 Å². The molecule has 2 aromatic heterocycles. The minimum atomic E-state index is -4.89. The Hall–Kier alpha value is -3.19. The van der Waals surface area contributed by atoms with Gasteiger partial charge in [-0.3, -0.25) is 4.90 Å². The largest absolute Gasteiger partial charge is 0.489 e. The summed E-state index contributed by atoms with van der Waals surface area (Å²) in [6, 6.07) is 0.906. The van der Waals surface area contributed by atoms with Crippen LogP contribution in [-0.4, -0.2) is 70.5 Å². The Morgan fingerprint density at radius 1 is 1.19 bits per heavy atom. The fourth-order valence-electron chi connectivity index (χ4n) is 7.36. The number of benzene rings is 1. The van der Waals surface area contributed by atoms with Crippen LogP contribution in [0.3, 0.4) is 0 Å². The molecule has 5 heterocycles. The minimum absolute atomic E-state index is 0.0307. The molecule has 0 radical (unpaired) electrons. The number of fused-ring (bicyclic) bond motifs is 1. The fourth-order valence-corrected chi connectivity index (χ4v) is 7.68. The van der Waals surface area contributed by atoms with Crippen molar-refractivity contribution in [2.45, 2.75) is 68.9 Å². The standard InChI is InChI=1S/C29H30ClF5N6O2/c1-14-9-16(36)37-22(19(14)29(33,34)35)17-20(30)24-18-23(21(17)32)38-26(39-25(18)40(2)27(12-42-24)5-3-6-27)43-13-28-7-4-8-41(28)11-15(31)10-28/h9,15H,3-8,10-13H2,1-2H3,(H2,36,37)/t15-,28+/m1/s1. The second-order valence-electron chi connectivity index (χ2n) is 12.3. The summed E-state index contributed by atoms with van der Waals surface area (Å²) in [7, 11) is 1.82. The van der Waals surface area contributed by atoms with E-state index in [4.69, 9.17) is 26.8 Å². The Morgan fingerprint density at radius 3 is 2.65 bits per heavy atom. The van der Waals surface area contributed by atoms with Crippen molar-refractivity contribution in [3.63, 3.8) is 0 Å². The maximum absolute atomic E-state index is 16.7. The van der Waals surface area contributed by atoms with Gasteiger partial charge in [-0.15, -0.1) is 0 Å². The minimum Gasteiger partial charge on any atom is -0.489 e. The monoisotopic (exact) mass is 624 g/mol. The van der Waals surface area contributed by atoms with Crippen LogP contribution < -0.4 is 20.1 Å². The number of pyridine rings is 1. The zero-order valence-electron chi connectivity index (χ0n) is 23.6. The number of likely N-dealkylation sites (N-methyl/N-ethyl adjacent to an activating group) is 1. The average Bonchev–Trinajstić information content (AvgIpc) is 3.37. The predicted octanol–water partition coefficient (Wildman–Crippen LogP) is 6.10. The lowest BCUT2D eigenvalue weighted by Crippen LogP contribution is -2.56. The van der Waals surface area contributed by atoms with Gasteiger partial charge in [-0.2, -0.15) is 23.1 Å². The molecule has 1 saturated carbocycles. The average molecular weight is 625 g/mol. The smallest absolute Gasteiger partial charge is 0.418 e. The van der Waals surface area contributed by atoms with E-state index < -0.39 is 46.1 Å². The molecule has 0 amide bonds. The Kier molecular flexibility index (Phi) is 6.41. The van der Waals surface area contributed by atoms with Gasteiger partial charge < -0.3 is 20.1 Å². The Morgan fingerprint density at radius 2 is 1.95 bits per heavy atom. The zero-order chi connectivity index (χ0) is 30.5. The van der Waals surface area contributed by atoms with E-state index in [1.165, 1.54) is 6.92 Å². The molecule has 1 spiro atoms. The summed E-state index contributed by atoms with van der Waals surface area (Å²) in [5.41, 5.74) is 1.76. The highest BCUT2D eigenvalue weighted by molar-refractivity contribution is 6.36. The maximum Gasteiger partial charge on any atom is 0.418 e. The molecule has 2 atom stereocenters. The van der Waals surface area contributed by atoms with Crippen molar-refractivity contribution < 1.29 is 31.4 Å². The van der Waals surface area contributed by atoms with Crippen molar-refractivity contribution in [2.75, 3.05) is 44.0 Å². The molecule has 1 aromatic carbocycles. The van der Waals surface area contributed by atoms with Crippen LogP contribution in [0.25, 0.3) is 22.2 Å². The number of anilines is 2. The van der Waals surface area contributed by atoms with Crippen LogP contribution in [0.5, 0.6) is 11.8 Å². The number of nitrogen functional groups attached to an aromatic ring is 1. The SMILES string of the molecule is Cc1cc(N)nc(-c2c(Cl)c3c4c(nc(OC[C@@]56CCCN5C[C@H](F)C6)nc4c2F)N(C)C2(CCC2)CO3)c1C(F)(F)F. The molecular weight excluding hydrogens is 595 g/mol. The van der Waals surface area contributed by atoms with E-state index in [1.54, 1.807) is 0 Å². The first kappa shape index (κ1) is 28.6. The van der Waals surface area contributed by atoms with Gasteiger partial charge in [0.25, 0.3) is 0 Å². The molecule has 230 valence electrons. The lowest BCUT2D eigenvalue weighted by molar-refractivity contribution is -0.137.